The van der Waals surface area contributed by atoms with Crippen molar-refractivity contribution in [1.82, 2.24) is 5.43 Å². The lowest BCUT2D eigenvalue weighted by atomic mass is 10.1. The van der Waals surface area contributed by atoms with Crippen LogP contribution in [0.3, 0.4) is 0 Å². The fourth-order valence-corrected chi connectivity index (χ4v) is 2.54. The molecule has 0 saturated carbocycles. The zero-order valence-electron chi connectivity index (χ0n) is 15.7. The van der Waals surface area contributed by atoms with Crippen molar-refractivity contribution in [2.45, 2.75) is 13.0 Å². The lowest BCUT2D eigenvalue weighted by Crippen LogP contribution is -2.19. The van der Waals surface area contributed by atoms with E-state index in [-0.39, 0.29) is 12.3 Å². The van der Waals surface area contributed by atoms with Crippen LogP contribution in [0, 0.1) is 0 Å². The highest BCUT2D eigenvalue weighted by atomic mass is 16.5. The van der Waals surface area contributed by atoms with Crippen molar-refractivity contribution in [1.29, 1.82) is 0 Å². The molecule has 0 saturated heterocycles. The molecule has 142 valence electrons. The second kappa shape index (κ2) is 9.92. The Morgan fingerprint density at radius 1 is 0.893 bits per heavy atom. The van der Waals surface area contributed by atoms with E-state index in [2.05, 4.69) is 10.5 Å². The highest BCUT2D eigenvalue weighted by molar-refractivity contribution is 5.83. The number of hydrazone groups is 1. The minimum atomic E-state index is -0.177. The van der Waals surface area contributed by atoms with Crippen molar-refractivity contribution < 1.29 is 14.3 Å². The lowest BCUT2D eigenvalue weighted by molar-refractivity contribution is -0.120. The molecule has 3 aromatic rings. The van der Waals surface area contributed by atoms with Crippen LogP contribution in [-0.2, 0) is 17.8 Å². The summed E-state index contributed by atoms with van der Waals surface area (Å²) in [5, 5.41) is 4.00. The van der Waals surface area contributed by atoms with E-state index in [1.54, 1.807) is 13.3 Å². The second-order valence-electron chi connectivity index (χ2n) is 6.16. The van der Waals surface area contributed by atoms with Crippen LogP contribution in [0.15, 0.2) is 84.0 Å². The molecule has 3 rings (SSSR count). The standard InChI is InChI=1S/C23H22N2O3/c1-27-21-11-7-18(8-12-21)15-23(26)25-24-16-19-9-13-22(14-10-19)28-17-20-5-3-2-4-6-20/h2-14,16H,15,17H2,1H3,(H,25,26)/b24-16+. The third-order valence-electron chi connectivity index (χ3n) is 4.06. The van der Waals surface area contributed by atoms with E-state index in [0.717, 1.165) is 28.2 Å². The van der Waals surface area contributed by atoms with E-state index in [9.17, 15) is 4.79 Å². The van der Waals surface area contributed by atoms with Crippen molar-refractivity contribution in [3.63, 3.8) is 0 Å². The molecule has 1 amide bonds. The number of ether oxygens (including phenoxy) is 2. The number of amides is 1. The lowest BCUT2D eigenvalue weighted by Gasteiger charge is -2.06. The predicted molar refractivity (Wildman–Crippen MR) is 110 cm³/mol. The van der Waals surface area contributed by atoms with Crippen molar-refractivity contribution in [3.8, 4) is 11.5 Å². The zero-order chi connectivity index (χ0) is 19.6. The van der Waals surface area contributed by atoms with Crippen LogP contribution in [0.4, 0.5) is 0 Å². The monoisotopic (exact) mass is 374 g/mol. The minimum Gasteiger partial charge on any atom is -0.497 e. The van der Waals surface area contributed by atoms with E-state index < -0.39 is 0 Å². The van der Waals surface area contributed by atoms with Gasteiger partial charge in [-0.15, -0.1) is 0 Å². The van der Waals surface area contributed by atoms with Gasteiger partial charge < -0.3 is 9.47 Å². The molecule has 5 heteroatoms. The van der Waals surface area contributed by atoms with E-state index >= 15 is 0 Å². The molecule has 0 aliphatic heterocycles. The number of benzene rings is 3. The molecule has 0 bridgehead atoms. The highest BCUT2D eigenvalue weighted by Crippen LogP contribution is 2.14. The Labute approximate surface area is 164 Å². The largest absolute Gasteiger partial charge is 0.497 e. The van der Waals surface area contributed by atoms with Gasteiger partial charge in [0.1, 0.15) is 18.1 Å². The molecule has 0 aliphatic carbocycles. The summed E-state index contributed by atoms with van der Waals surface area (Å²) in [6, 6.07) is 24.9. The third-order valence-corrected chi connectivity index (χ3v) is 4.06. The normalized spacial score (nSPS) is 10.6. The van der Waals surface area contributed by atoms with Crippen LogP contribution in [-0.4, -0.2) is 19.2 Å². The SMILES string of the molecule is COc1ccc(CC(=O)N/N=C/c2ccc(OCc3ccccc3)cc2)cc1. The number of methoxy groups -OCH3 is 1. The number of carbonyl (C=O) groups is 1. The number of nitrogens with zero attached hydrogens (tertiary/aromatic N) is 1. The Kier molecular flexibility index (Phi) is 6.79. The topological polar surface area (TPSA) is 59.9 Å². The van der Waals surface area contributed by atoms with Crippen molar-refractivity contribution in [2.75, 3.05) is 7.11 Å². The Bertz CT molecular complexity index is 905. The fourth-order valence-electron chi connectivity index (χ4n) is 2.54. The van der Waals surface area contributed by atoms with Crippen molar-refractivity contribution >= 4 is 12.1 Å². The van der Waals surface area contributed by atoms with Gasteiger partial charge in [-0.1, -0.05) is 42.5 Å². The number of nitrogens with one attached hydrogen (secondary N) is 1. The molecule has 0 radical (unpaired) electrons. The maximum absolute atomic E-state index is 12.0. The van der Waals surface area contributed by atoms with Gasteiger partial charge in [-0.25, -0.2) is 5.43 Å². The smallest absolute Gasteiger partial charge is 0.244 e. The van der Waals surface area contributed by atoms with Crippen LogP contribution in [0.1, 0.15) is 16.7 Å². The van der Waals surface area contributed by atoms with E-state index in [0.29, 0.717) is 6.61 Å². The van der Waals surface area contributed by atoms with Gasteiger partial charge >= 0.3 is 0 Å². The Morgan fingerprint density at radius 2 is 1.57 bits per heavy atom. The molecule has 0 aliphatic rings. The first-order chi connectivity index (χ1) is 13.7. The molecular weight excluding hydrogens is 352 g/mol. The van der Waals surface area contributed by atoms with Crippen molar-refractivity contribution in [3.05, 3.63) is 95.6 Å². The average molecular weight is 374 g/mol. The number of hydrogen-bond acceptors (Lipinski definition) is 4. The third kappa shape index (κ3) is 5.99. The zero-order valence-corrected chi connectivity index (χ0v) is 15.7. The molecule has 0 heterocycles. The predicted octanol–water partition coefficient (Wildman–Crippen LogP) is 3.97. The van der Waals surface area contributed by atoms with Gasteiger partial charge in [0.15, 0.2) is 0 Å². The summed E-state index contributed by atoms with van der Waals surface area (Å²) in [5.41, 5.74) is 5.42. The van der Waals surface area contributed by atoms with Gasteiger partial charge in [-0.3, -0.25) is 4.79 Å². The number of carbonyl (C=O) groups excluding carboxylic acids is 1. The van der Waals surface area contributed by atoms with Gasteiger partial charge in [0.25, 0.3) is 0 Å². The van der Waals surface area contributed by atoms with Crippen LogP contribution in [0.5, 0.6) is 11.5 Å². The van der Waals surface area contributed by atoms with Crippen molar-refractivity contribution in [2.24, 2.45) is 5.10 Å². The number of rotatable bonds is 8. The maximum Gasteiger partial charge on any atom is 0.244 e. The summed E-state index contributed by atoms with van der Waals surface area (Å²) in [7, 11) is 1.61. The molecule has 0 fully saturated rings. The van der Waals surface area contributed by atoms with E-state index in [1.807, 2.05) is 78.9 Å². The summed E-state index contributed by atoms with van der Waals surface area (Å²) in [5.74, 6) is 1.37. The molecule has 1 N–H and O–H groups in total. The van der Waals surface area contributed by atoms with E-state index in [1.165, 1.54) is 0 Å². The molecular formula is C23H22N2O3. The molecule has 3 aromatic carbocycles. The molecule has 0 unspecified atom stereocenters. The van der Waals surface area contributed by atoms with Crippen LogP contribution in [0.2, 0.25) is 0 Å². The van der Waals surface area contributed by atoms with Gasteiger partial charge in [0.2, 0.25) is 5.91 Å². The minimum absolute atomic E-state index is 0.177. The van der Waals surface area contributed by atoms with Crippen LogP contribution < -0.4 is 14.9 Å². The quantitative estimate of drug-likeness (QED) is 0.479. The summed E-state index contributed by atoms with van der Waals surface area (Å²) in [6.45, 7) is 0.524. The Hall–Kier alpha value is -3.60. The van der Waals surface area contributed by atoms with Gasteiger partial charge in [0, 0.05) is 0 Å². The molecule has 5 nitrogen and oxygen atoms in total. The highest BCUT2D eigenvalue weighted by Gasteiger charge is 2.02. The summed E-state index contributed by atoms with van der Waals surface area (Å²) in [6.07, 6.45) is 1.86. The molecule has 0 atom stereocenters. The molecule has 0 aromatic heterocycles. The van der Waals surface area contributed by atoms with E-state index in [4.69, 9.17) is 9.47 Å². The summed E-state index contributed by atoms with van der Waals surface area (Å²) >= 11 is 0. The number of hydrogen-bond donors (Lipinski definition) is 1. The first-order valence-electron chi connectivity index (χ1n) is 8.94. The second-order valence-corrected chi connectivity index (χ2v) is 6.16. The first-order valence-corrected chi connectivity index (χ1v) is 8.94. The maximum atomic E-state index is 12.0. The fraction of sp³-hybridized carbons (Fsp3) is 0.130. The Balaban J connectivity index is 1.45. The van der Waals surface area contributed by atoms with Gasteiger partial charge in [0.05, 0.1) is 19.7 Å². The van der Waals surface area contributed by atoms with Crippen LogP contribution >= 0.6 is 0 Å². The Morgan fingerprint density at radius 3 is 2.25 bits per heavy atom. The van der Waals surface area contributed by atoms with Gasteiger partial charge in [-0.2, -0.15) is 5.10 Å². The average Bonchev–Trinajstić information content (AvgIpc) is 2.74. The molecule has 0 spiro atoms. The summed E-state index contributed by atoms with van der Waals surface area (Å²) < 4.78 is 10.9. The molecule has 28 heavy (non-hydrogen) atoms. The summed E-state index contributed by atoms with van der Waals surface area (Å²) in [4.78, 5) is 12.0. The van der Waals surface area contributed by atoms with Gasteiger partial charge in [-0.05, 0) is 53.1 Å². The first kappa shape index (κ1) is 19.2. The van der Waals surface area contributed by atoms with Crippen LogP contribution in [0.25, 0.3) is 0 Å².